The molecule has 1 saturated heterocycles. The maximum Gasteiger partial charge on any atom is 0.241 e. The summed E-state index contributed by atoms with van der Waals surface area (Å²) in [6.07, 6.45) is 6.95. The number of aromatic nitrogens is 1. The minimum Gasteiger partial charge on any atom is -0.368 e. The van der Waals surface area contributed by atoms with Crippen molar-refractivity contribution in [1.82, 2.24) is 4.98 Å². The number of nitrogens with two attached hydrogens (primary N) is 1. The van der Waals surface area contributed by atoms with Crippen LogP contribution in [-0.2, 0) is 4.79 Å². The number of hydrogen-bond acceptors (Lipinski definition) is 5. The molecule has 3 heterocycles. The molecule has 2 aromatic carbocycles. The van der Waals surface area contributed by atoms with E-state index in [-0.39, 0.29) is 5.78 Å². The number of carbonyl (C=O) groups excluding carboxylic acids is 2. The Kier molecular flexibility index (Phi) is 4.83. The first-order valence-electron chi connectivity index (χ1n) is 10.8. The second kappa shape index (κ2) is 7.72. The number of para-hydroxylation sites is 1. The fourth-order valence-corrected chi connectivity index (χ4v) is 5.25. The molecule has 0 aliphatic carbocycles. The molecule has 2 aliphatic heterocycles. The van der Waals surface area contributed by atoms with Gasteiger partial charge in [0.1, 0.15) is 6.04 Å². The molecule has 3 aromatic rings. The van der Waals surface area contributed by atoms with Gasteiger partial charge in [-0.3, -0.25) is 14.6 Å². The number of nitriles is 1. The largest absolute Gasteiger partial charge is 0.368 e. The van der Waals surface area contributed by atoms with Crippen LogP contribution in [0.5, 0.6) is 0 Å². The van der Waals surface area contributed by atoms with Crippen molar-refractivity contribution in [3.63, 3.8) is 0 Å². The van der Waals surface area contributed by atoms with E-state index >= 15 is 0 Å². The molecule has 0 radical (unpaired) electrons. The molecule has 162 valence electrons. The molecular weight excluding hydrogens is 412 g/mol. The second-order valence-electron chi connectivity index (χ2n) is 8.55. The molecule has 6 nitrogen and oxygen atoms in total. The number of rotatable bonds is 4. The molecule has 6 heteroatoms. The Morgan fingerprint density at radius 3 is 2.52 bits per heavy atom. The first kappa shape index (κ1) is 20.7. The summed E-state index contributed by atoms with van der Waals surface area (Å²) in [5.41, 5.74) is 8.20. The molecule has 5 rings (SSSR count). The standard InChI is InChI=1S/C27H22N4O2/c1-17-8-10-19(11-9-17)25(32)24-23(20-6-4-14-30-15-20)27(16-28,26(29)33)22-13-12-18-5-2-3-7-21(18)31(22)24/h2-15,22-24H,1H3,(H2,29,33)/t22-,23-,24+,27+/m1/s1. The third-order valence-corrected chi connectivity index (χ3v) is 6.79. The second-order valence-corrected chi connectivity index (χ2v) is 8.55. The highest BCUT2D eigenvalue weighted by Gasteiger charge is 2.65. The van der Waals surface area contributed by atoms with E-state index in [2.05, 4.69) is 11.1 Å². The summed E-state index contributed by atoms with van der Waals surface area (Å²) in [4.78, 5) is 33.3. The van der Waals surface area contributed by atoms with E-state index in [1.165, 1.54) is 0 Å². The van der Waals surface area contributed by atoms with Gasteiger partial charge in [-0.1, -0.05) is 66.2 Å². The number of nitrogens with zero attached hydrogens (tertiary/aromatic N) is 3. The summed E-state index contributed by atoms with van der Waals surface area (Å²) in [6, 6.07) is 19.3. The number of carbonyl (C=O) groups is 2. The molecule has 33 heavy (non-hydrogen) atoms. The van der Waals surface area contributed by atoms with Crippen LogP contribution in [0.2, 0.25) is 0 Å². The van der Waals surface area contributed by atoms with Crippen LogP contribution in [0.15, 0.2) is 79.1 Å². The molecule has 0 bridgehead atoms. The summed E-state index contributed by atoms with van der Waals surface area (Å²) < 4.78 is 0. The van der Waals surface area contributed by atoms with Crippen molar-refractivity contribution in [3.8, 4) is 6.07 Å². The lowest BCUT2D eigenvalue weighted by atomic mass is 9.68. The van der Waals surface area contributed by atoms with Crippen LogP contribution in [-0.4, -0.2) is 28.8 Å². The molecule has 2 aliphatic rings. The maximum atomic E-state index is 14.1. The van der Waals surface area contributed by atoms with Crippen LogP contribution in [0.3, 0.4) is 0 Å². The molecule has 0 spiro atoms. The fraction of sp³-hybridized carbons (Fsp3) is 0.185. The van der Waals surface area contributed by atoms with E-state index in [0.717, 1.165) is 16.8 Å². The summed E-state index contributed by atoms with van der Waals surface area (Å²) in [5.74, 6) is -1.72. The van der Waals surface area contributed by atoms with Gasteiger partial charge in [0.05, 0.1) is 12.1 Å². The predicted octanol–water partition coefficient (Wildman–Crippen LogP) is 3.64. The topological polar surface area (TPSA) is 100 Å². The van der Waals surface area contributed by atoms with Gasteiger partial charge in [0.25, 0.3) is 0 Å². The van der Waals surface area contributed by atoms with Crippen molar-refractivity contribution in [1.29, 1.82) is 5.26 Å². The SMILES string of the molecule is Cc1ccc(C(=O)[C@@H]2[C@@H](c3cccnc3)[C@@](C#N)(C(N)=O)[C@H]3C=Cc4ccccc4N23)cc1. The summed E-state index contributed by atoms with van der Waals surface area (Å²) in [6.45, 7) is 1.96. The third-order valence-electron chi connectivity index (χ3n) is 6.79. The average molecular weight is 434 g/mol. The number of anilines is 1. The van der Waals surface area contributed by atoms with E-state index in [9.17, 15) is 14.9 Å². The predicted molar refractivity (Wildman–Crippen MR) is 125 cm³/mol. The highest BCUT2D eigenvalue weighted by Crippen LogP contribution is 2.55. The van der Waals surface area contributed by atoms with Gasteiger partial charge in [0.2, 0.25) is 5.91 Å². The van der Waals surface area contributed by atoms with Gasteiger partial charge in [0, 0.05) is 29.6 Å². The van der Waals surface area contributed by atoms with E-state index in [1.54, 1.807) is 36.7 Å². The number of fused-ring (bicyclic) bond motifs is 3. The Morgan fingerprint density at radius 2 is 1.85 bits per heavy atom. The van der Waals surface area contributed by atoms with Gasteiger partial charge in [0.15, 0.2) is 11.2 Å². The van der Waals surface area contributed by atoms with E-state index in [4.69, 9.17) is 5.73 Å². The van der Waals surface area contributed by atoms with Gasteiger partial charge in [-0.2, -0.15) is 5.26 Å². The maximum absolute atomic E-state index is 14.1. The molecule has 2 N–H and O–H groups in total. The van der Waals surface area contributed by atoms with Crippen LogP contribution in [0.4, 0.5) is 5.69 Å². The van der Waals surface area contributed by atoms with Gasteiger partial charge >= 0.3 is 0 Å². The Morgan fingerprint density at radius 1 is 1.09 bits per heavy atom. The van der Waals surface area contributed by atoms with Crippen LogP contribution < -0.4 is 10.6 Å². The Bertz CT molecular complexity index is 1310. The lowest BCUT2D eigenvalue weighted by Crippen LogP contribution is -2.49. The number of aryl methyl sites for hydroxylation is 1. The number of hydrogen-bond donors (Lipinski definition) is 1. The van der Waals surface area contributed by atoms with Crippen molar-refractivity contribution in [2.24, 2.45) is 11.1 Å². The van der Waals surface area contributed by atoms with Crippen LogP contribution in [0, 0.1) is 23.7 Å². The molecule has 0 unspecified atom stereocenters. The highest BCUT2D eigenvalue weighted by molar-refractivity contribution is 6.06. The molecule has 0 saturated carbocycles. The average Bonchev–Trinajstić information content (AvgIpc) is 3.16. The summed E-state index contributed by atoms with van der Waals surface area (Å²) >= 11 is 0. The molecular formula is C27H22N4O2. The zero-order valence-electron chi connectivity index (χ0n) is 18.1. The third kappa shape index (κ3) is 2.97. The Balaban J connectivity index is 1.80. The first-order valence-corrected chi connectivity index (χ1v) is 10.8. The highest BCUT2D eigenvalue weighted by atomic mass is 16.1. The van der Waals surface area contributed by atoms with Gasteiger partial charge in [-0.05, 0) is 30.2 Å². The molecule has 1 amide bonds. The van der Waals surface area contributed by atoms with E-state index < -0.39 is 29.3 Å². The van der Waals surface area contributed by atoms with E-state index in [1.807, 2.05) is 60.4 Å². The number of Topliss-reactive ketones (excluding diaryl/α,β-unsaturated/α-hetero) is 1. The Hall–Kier alpha value is -4.24. The minimum absolute atomic E-state index is 0.169. The first-order chi connectivity index (χ1) is 16.0. The Labute approximate surface area is 192 Å². The van der Waals surface area contributed by atoms with Crippen LogP contribution in [0.25, 0.3) is 6.08 Å². The minimum atomic E-state index is -1.65. The van der Waals surface area contributed by atoms with E-state index in [0.29, 0.717) is 11.1 Å². The zero-order valence-corrected chi connectivity index (χ0v) is 18.1. The van der Waals surface area contributed by atoms with Crippen LogP contribution in [0.1, 0.15) is 33.0 Å². The van der Waals surface area contributed by atoms with Crippen molar-refractivity contribution in [3.05, 3.63) is 101 Å². The summed E-state index contributed by atoms with van der Waals surface area (Å²) in [7, 11) is 0. The number of benzene rings is 2. The van der Waals surface area contributed by atoms with Crippen molar-refractivity contribution < 1.29 is 9.59 Å². The normalized spacial score (nSPS) is 25.1. The van der Waals surface area contributed by atoms with Gasteiger partial charge in [-0.25, -0.2) is 0 Å². The van der Waals surface area contributed by atoms with Gasteiger partial charge < -0.3 is 10.6 Å². The number of pyridine rings is 1. The van der Waals surface area contributed by atoms with Gasteiger partial charge in [-0.15, -0.1) is 0 Å². The number of primary amides is 1. The van der Waals surface area contributed by atoms with Crippen molar-refractivity contribution in [2.45, 2.75) is 24.9 Å². The molecule has 4 atom stereocenters. The fourth-order valence-electron chi connectivity index (χ4n) is 5.25. The number of amides is 1. The molecule has 1 fully saturated rings. The lowest BCUT2D eigenvalue weighted by Gasteiger charge is -2.36. The van der Waals surface area contributed by atoms with Crippen molar-refractivity contribution in [2.75, 3.05) is 4.90 Å². The monoisotopic (exact) mass is 434 g/mol. The molecule has 1 aromatic heterocycles. The number of ketones is 1. The quantitative estimate of drug-likeness (QED) is 0.632. The lowest BCUT2D eigenvalue weighted by molar-refractivity contribution is -0.125. The summed E-state index contributed by atoms with van der Waals surface area (Å²) in [5, 5.41) is 10.5. The van der Waals surface area contributed by atoms with Crippen LogP contribution >= 0.6 is 0 Å². The van der Waals surface area contributed by atoms with Crippen molar-refractivity contribution >= 4 is 23.5 Å². The zero-order chi connectivity index (χ0) is 23.2. The smallest absolute Gasteiger partial charge is 0.241 e.